The van der Waals surface area contributed by atoms with E-state index in [0.717, 1.165) is 18.7 Å². The molecular weight excluding hydrogens is 188 g/mol. The fourth-order valence-corrected chi connectivity index (χ4v) is 1.37. The topological polar surface area (TPSA) is 38.5 Å². The monoisotopic (exact) mass is 208 g/mol. The molecule has 0 aromatic heterocycles. The van der Waals surface area contributed by atoms with E-state index in [2.05, 4.69) is 31.1 Å². The summed E-state index contributed by atoms with van der Waals surface area (Å²) >= 11 is 0. The molecule has 0 aliphatic carbocycles. The Balaban J connectivity index is 2.50. The predicted octanol–water partition coefficient (Wildman–Crippen LogP) is 1.48. The number of nitrogens with zero attached hydrogens (tertiary/aromatic N) is 1. The first-order chi connectivity index (χ1) is 7.22. The van der Waals surface area contributed by atoms with E-state index in [4.69, 9.17) is 10.5 Å². The molecule has 0 radical (unpaired) electrons. The van der Waals surface area contributed by atoms with Gasteiger partial charge in [-0.25, -0.2) is 0 Å². The van der Waals surface area contributed by atoms with Crippen molar-refractivity contribution in [2.45, 2.75) is 13.0 Å². The largest absolute Gasteiger partial charge is 0.494 e. The van der Waals surface area contributed by atoms with Crippen molar-refractivity contribution in [1.29, 1.82) is 0 Å². The van der Waals surface area contributed by atoms with Gasteiger partial charge in [0.15, 0.2) is 0 Å². The molecule has 0 heterocycles. The maximum Gasteiger partial charge on any atom is 0.119 e. The van der Waals surface area contributed by atoms with Crippen molar-refractivity contribution >= 4 is 0 Å². The fraction of sp³-hybridized carbons (Fsp3) is 0.500. The van der Waals surface area contributed by atoms with Crippen LogP contribution in [0, 0.1) is 0 Å². The van der Waals surface area contributed by atoms with Gasteiger partial charge < -0.3 is 15.4 Å². The molecule has 0 bridgehead atoms. The highest BCUT2D eigenvalue weighted by atomic mass is 16.5. The summed E-state index contributed by atoms with van der Waals surface area (Å²) in [5.74, 6) is 0.933. The third-order valence-electron chi connectivity index (χ3n) is 2.01. The lowest BCUT2D eigenvalue weighted by Gasteiger charge is -2.11. The number of rotatable bonds is 6. The van der Waals surface area contributed by atoms with E-state index in [-0.39, 0.29) is 0 Å². The summed E-state index contributed by atoms with van der Waals surface area (Å²) in [7, 11) is 4.11. The Kier molecular flexibility index (Phi) is 5.15. The van der Waals surface area contributed by atoms with Crippen molar-refractivity contribution in [3.8, 4) is 5.75 Å². The van der Waals surface area contributed by atoms with Crippen LogP contribution in [0.2, 0.25) is 0 Å². The minimum atomic E-state index is 0.678. The molecule has 0 aliphatic heterocycles. The number of hydrogen-bond acceptors (Lipinski definition) is 3. The molecule has 0 aliphatic rings. The van der Waals surface area contributed by atoms with Crippen LogP contribution in [0.1, 0.15) is 12.0 Å². The summed E-state index contributed by atoms with van der Waals surface area (Å²) in [6.07, 6.45) is 0.901. The third-order valence-corrected chi connectivity index (χ3v) is 2.01. The van der Waals surface area contributed by atoms with Crippen LogP contribution in [0.25, 0.3) is 0 Å². The van der Waals surface area contributed by atoms with E-state index in [1.807, 2.05) is 12.1 Å². The Hall–Kier alpha value is -1.06. The molecule has 1 aromatic carbocycles. The first-order valence-electron chi connectivity index (χ1n) is 5.29. The van der Waals surface area contributed by atoms with Crippen LogP contribution in [0.4, 0.5) is 0 Å². The first-order valence-corrected chi connectivity index (χ1v) is 5.29. The smallest absolute Gasteiger partial charge is 0.119 e. The van der Waals surface area contributed by atoms with Crippen LogP contribution in [-0.4, -0.2) is 32.1 Å². The second-order valence-electron chi connectivity index (χ2n) is 3.88. The van der Waals surface area contributed by atoms with Gasteiger partial charge in [0.2, 0.25) is 0 Å². The summed E-state index contributed by atoms with van der Waals surface area (Å²) in [5, 5.41) is 0. The van der Waals surface area contributed by atoms with Gasteiger partial charge in [-0.15, -0.1) is 0 Å². The maximum atomic E-state index is 5.57. The average molecular weight is 208 g/mol. The number of benzene rings is 1. The van der Waals surface area contributed by atoms with Gasteiger partial charge >= 0.3 is 0 Å². The molecule has 0 saturated heterocycles. The molecule has 1 aromatic rings. The van der Waals surface area contributed by atoms with Crippen molar-refractivity contribution < 1.29 is 4.74 Å². The highest BCUT2D eigenvalue weighted by Gasteiger charge is 1.98. The van der Waals surface area contributed by atoms with E-state index in [1.165, 1.54) is 5.56 Å². The third kappa shape index (κ3) is 4.81. The van der Waals surface area contributed by atoms with Crippen molar-refractivity contribution in [2.75, 3.05) is 27.2 Å². The van der Waals surface area contributed by atoms with Gasteiger partial charge in [-0.05, 0) is 44.8 Å². The molecule has 0 unspecified atom stereocenters. The fourth-order valence-electron chi connectivity index (χ4n) is 1.37. The van der Waals surface area contributed by atoms with Crippen molar-refractivity contribution in [1.82, 2.24) is 4.90 Å². The molecule has 0 spiro atoms. The van der Waals surface area contributed by atoms with Crippen molar-refractivity contribution in [3.63, 3.8) is 0 Å². The van der Waals surface area contributed by atoms with Gasteiger partial charge in [0.05, 0.1) is 6.61 Å². The van der Waals surface area contributed by atoms with E-state index in [1.54, 1.807) is 0 Å². The van der Waals surface area contributed by atoms with Crippen LogP contribution in [0.3, 0.4) is 0 Å². The molecule has 0 saturated carbocycles. The molecule has 1 rings (SSSR count). The van der Waals surface area contributed by atoms with E-state index in [9.17, 15) is 0 Å². The second-order valence-corrected chi connectivity index (χ2v) is 3.88. The van der Waals surface area contributed by atoms with Gasteiger partial charge in [0, 0.05) is 6.54 Å². The predicted molar refractivity (Wildman–Crippen MR) is 63.0 cm³/mol. The zero-order valence-corrected chi connectivity index (χ0v) is 9.57. The minimum Gasteiger partial charge on any atom is -0.494 e. The zero-order chi connectivity index (χ0) is 11.1. The van der Waals surface area contributed by atoms with Gasteiger partial charge in [-0.2, -0.15) is 0 Å². The average Bonchev–Trinajstić information content (AvgIpc) is 2.18. The summed E-state index contributed by atoms with van der Waals surface area (Å²) in [5.41, 5.74) is 6.67. The SMILES string of the molecule is CN(C)Cc1cccc(OCCCN)c1. The lowest BCUT2D eigenvalue weighted by molar-refractivity contribution is 0.312. The Bertz CT molecular complexity index is 287. The minimum absolute atomic E-state index is 0.678. The van der Waals surface area contributed by atoms with Crippen LogP contribution >= 0.6 is 0 Å². The summed E-state index contributed by atoms with van der Waals surface area (Å²) in [4.78, 5) is 2.14. The van der Waals surface area contributed by atoms with E-state index >= 15 is 0 Å². The van der Waals surface area contributed by atoms with Gasteiger partial charge in [-0.3, -0.25) is 0 Å². The van der Waals surface area contributed by atoms with Crippen molar-refractivity contribution in [2.24, 2.45) is 5.73 Å². The lowest BCUT2D eigenvalue weighted by Crippen LogP contribution is -2.11. The molecule has 0 fully saturated rings. The number of hydrogen-bond donors (Lipinski definition) is 1. The molecule has 0 atom stereocenters. The summed E-state index contributed by atoms with van der Waals surface area (Å²) in [6, 6.07) is 8.19. The molecule has 84 valence electrons. The Morgan fingerprint density at radius 2 is 2.13 bits per heavy atom. The van der Waals surface area contributed by atoms with Crippen molar-refractivity contribution in [3.05, 3.63) is 29.8 Å². The quantitative estimate of drug-likeness (QED) is 0.720. The van der Waals surface area contributed by atoms with Gasteiger partial charge in [0.25, 0.3) is 0 Å². The Morgan fingerprint density at radius 1 is 1.33 bits per heavy atom. The second kappa shape index (κ2) is 6.43. The molecular formula is C12H20N2O. The standard InChI is InChI=1S/C12H20N2O/c1-14(2)10-11-5-3-6-12(9-11)15-8-4-7-13/h3,5-6,9H,4,7-8,10,13H2,1-2H3. The normalized spacial score (nSPS) is 10.7. The number of ether oxygens (including phenoxy) is 1. The Morgan fingerprint density at radius 3 is 2.80 bits per heavy atom. The van der Waals surface area contributed by atoms with Gasteiger partial charge in [0.1, 0.15) is 5.75 Å². The lowest BCUT2D eigenvalue weighted by atomic mass is 10.2. The highest BCUT2D eigenvalue weighted by molar-refractivity contribution is 5.28. The van der Waals surface area contributed by atoms with E-state index in [0.29, 0.717) is 13.2 Å². The van der Waals surface area contributed by atoms with Crippen LogP contribution in [-0.2, 0) is 6.54 Å². The van der Waals surface area contributed by atoms with Crippen LogP contribution in [0.15, 0.2) is 24.3 Å². The van der Waals surface area contributed by atoms with Crippen LogP contribution < -0.4 is 10.5 Å². The summed E-state index contributed by atoms with van der Waals surface area (Å²) in [6.45, 7) is 2.31. The Labute approximate surface area is 91.8 Å². The van der Waals surface area contributed by atoms with Crippen LogP contribution in [0.5, 0.6) is 5.75 Å². The molecule has 3 nitrogen and oxygen atoms in total. The molecule has 2 N–H and O–H groups in total. The molecule has 0 amide bonds. The number of nitrogens with two attached hydrogens (primary N) is 1. The van der Waals surface area contributed by atoms with E-state index < -0.39 is 0 Å². The molecule has 3 heteroatoms. The summed E-state index contributed by atoms with van der Waals surface area (Å²) < 4.78 is 5.57. The maximum absolute atomic E-state index is 5.57. The highest BCUT2D eigenvalue weighted by Crippen LogP contribution is 2.14. The molecule has 15 heavy (non-hydrogen) atoms. The zero-order valence-electron chi connectivity index (χ0n) is 9.57. The van der Waals surface area contributed by atoms with Gasteiger partial charge in [-0.1, -0.05) is 12.1 Å². The first kappa shape index (κ1) is 12.0.